The summed E-state index contributed by atoms with van der Waals surface area (Å²) in [4.78, 5) is 15.7. The minimum Gasteiger partial charge on any atom is -0.459 e. The molecule has 0 radical (unpaired) electrons. The van der Waals surface area contributed by atoms with Crippen molar-refractivity contribution in [3.05, 3.63) is 27.5 Å². The van der Waals surface area contributed by atoms with Gasteiger partial charge in [0.25, 0.3) is 0 Å². The molecule has 4 nitrogen and oxygen atoms in total. The molecule has 1 fully saturated rings. The van der Waals surface area contributed by atoms with Gasteiger partial charge in [0.15, 0.2) is 0 Å². The lowest BCUT2D eigenvalue weighted by molar-refractivity contribution is -0.0300. The van der Waals surface area contributed by atoms with Crippen LogP contribution in [0, 0.1) is 0 Å². The number of esters is 1. The van der Waals surface area contributed by atoms with E-state index in [0.29, 0.717) is 4.47 Å². The van der Waals surface area contributed by atoms with Crippen LogP contribution in [0.4, 0.5) is 0 Å². The van der Waals surface area contributed by atoms with Crippen LogP contribution in [0.1, 0.15) is 29.6 Å². The third-order valence-electron chi connectivity index (χ3n) is 2.70. The molecule has 0 bridgehead atoms. The van der Waals surface area contributed by atoms with Crippen molar-refractivity contribution in [2.75, 3.05) is 13.2 Å². The maximum atomic E-state index is 11.8. The van der Waals surface area contributed by atoms with E-state index < -0.39 is 5.97 Å². The minimum atomic E-state index is -0.469. The van der Waals surface area contributed by atoms with Gasteiger partial charge in [-0.2, -0.15) is 0 Å². The number of carbonyl (C=O) groups is 1. The zero-order valence-corrected chi connectivity index (χ0v) is 12.0. The Hall–Kier alpha value is -0.650. The molecule has 0 aliphatic carbocycles. The fourth-order valence-corrected chi connectivity index (χ4v) is 2.26. The van der Waals surface area contributed by atoms with Crippen molar-refractivity contribution in [3.8, 4) is 0 Å². The number of hydrogen-bond acceptors (Lipinski definition) is 4. The van der Waals surface area contributed by atoms with E-state index in [1.165, 1.54) is 6.20 Å². The lowest BCUT2D eigenvalue weighted by atomic mass is 10.1. The molecule has 1 saturated heterocycles. The fraction of sp³-hybridized carbons (Fsp3) is 0.500. The van der Waals surface area contributed by atoms with Gasteiger partial charge in [-0.1, -0.05) is 11.6 Å². The number of carbonyl (C=O) groups excluding carboxylic acids is 1. The van der Waals surface area contributed by atoms with Gasteiger partial charge in [0.2, 0.25) is 0 Å². The molecule has 1 aromatic heterocycles. The van der Waals surface area contributed by atoms with Crippen LogP contribution in [0.3, 0.4) is 0 Å². The molecule has 1 aromatic rings. The Morgan fingerprint density at radius 1 is 1.61 bits per heavy atom. The Bertz CT molecular complexity index is 435. The highest BCUT2D eigenvalue weighted by molar-refractivity contribution is 9.10. The smallest absolute Gasteiger partial charge is 0.341 e. The molecule has 1 atom stereocenters. The summed E-state index contributed by atoms with van der Waals surface area (Å²) in [6, 6.07) is 1.60. The van der Waals surface area contributed by atoms with Gasteiger partial charge in [0.05, 0.1) is 11.7 Å². The van der Waals surface area contributed by atoms with Gasteiger partial charge in [-0.05, 0) is 41.3 Å². The van der Waals surface area contributed by atoms with Gasteiger partial charge in [0, 0.05) is 17.3 Å². The van der Waals surface area contributed by atoms with Crippen LogP contribution in [0.2, 0.25) is 5.15 Å². The molecule has 2 rings (SSSR count). The average molecular weight is 335 g/mol. The third kappa shape index (κ3) is 3.67. The summed E-state index contributed by atoms with van der Waals surface area (Å²) in [5, 5.41) is 0.146. The van der Waals surface area contributed by atoms with Gasteiger partial charge in [-0.3, -0.25) is 0 Å². The molecule has 0 N–H and O–H groups in total. The molecule has 6 heteroatoms. The van der Waals surface area contributed by atoms with Crippen LogP contribution < -0.4 is 0 Å². The first-order valence-corrected chi connectivity index (χ1v) is 6.93. The number of aromatic nitrogens is 1. The third-order valence-corrected chi connectivity index (χ3v) is 3.43. The first-order valence-electron chi connectivity index (χ1n) is 5.76. The summed E-state index contributed by atoms with van der Waals surface area (Å²) >= 11 is 9.09. The van der Waals surface area contributed by atoms with E-state index in [0.717, 1.165) is 25.9 Å². The summed E-state index contributed by atoms with van der Waals surface area (Å²) in [5.41, 5.74) is 0.266. The average Bonchev–Trinajstić information content (AvgIpc) is 2.40. The summed E-state index contributed by atoms with van der Waals surface area (Å²) < 4.78 is 11.4. The Kier molecular flexibility index (Phi) is 4.97. The Morgan fingerprint density at radius 2 is 2.44 bits per heavy atom. The number of ether oxygens (including phenoxy) is 2. The summed E-state index contributed by atoms with van der Waals surface area (Å²) in [6.07, 6.45) is 4.65. The predicted molar refractivity (Wildman–Crippen MR) is 70.8 cm³/mol. The molecule has 2 heterocycles. The van der Waals surface area contributed by atoms with Crippen LogP contribution in [0.25, 0.3) is 0 Å². The lowest BCUT2D eigenvalue weighted by Crippen LogP contribution is -2.26. The SMILES string of the molecule is O=C(OCC1CCCCO1)c1cc(Br)cnc1Cl. The largest absolute Gasteiger partial charge is 0.459 e. The van der Waals surface area contributed by atoms with E-state index in [1.807, 2.05) is 0 Å². The van der Waals surface area contributed by atoms with Crippen LogP contribution in [0.15, 0.2) is 16.7 Å². The molecular formula is C12H13BrClNO3. The molecule has 98 valence electrons. The van der Waals surface area contributed by atoms with E-state index in [-0.39, 0.29) is 23.4 Å². The van der Waals surface area contributed by atoms with E-state index in [9.17, 15) is 4.79 Å². The molecule has 0 amide bonds. The molecule has 0 aromatic carbocycles. The first kappa shape index (κ1) is 13.8. The standard InChI is InChI=1S/C12H13BrClNO3/c13-8-5-10(11(14)15-6-8)12(16)18-7-9-3-1-2-4-17-9/h5-6,9H,1-4,7H2. The van der Waals surface area contributed by atoms with E-state index in [4.69, 9.17) is 21.1 Å². The number of nitrogens with zero attached hydrogens (tertiary/aromatic N) is 1. The van der Waals surface area contributed by atoms with Crippen molar-refractivity contribution < 1.29 is 14.3 Å². The van der Waals surface area contributed by atoms with Crippen molar-refractivity contribution in [1.29, 1.82) is 0 Å². The quantitative estimate of drug-likeness (QED) is 0.629. The number of pyridine rings is 1. The summed E-state index contributed by atoms with van der Waals surface area (Å²) in [5.74, 6) is -0.469. The second-order valence-electron chi connectivity index (χ2n) is 4.08. The Morgan fingerprint density at radius 3 is 3.17 bits per heavy atom. The Balaban J connectivity index is 1.92. The highest BCUT2D eigenvalue weighted by Gasteiger charge is 2.18. The van der Waals surface area contributed by atoms with Gasteiger partial charge in [-0.15, -0.1) is 0 Å². The maximum absolute atomic E-state index is 11.8. The lowest BCUT2D eigenvalue weighted by Gasteiger charge is -2.22. The zero-order valence-electron chi connectivity index (χ0n) is 9.70. The van der Waals surface area contributed by atoms with Crippen LogP contribution in [-0.2, 0) is 9.47 Å². The second kappa shape index (κ2) is 6.50. The number of hydrogen-bond donors (Lipinski definition) is 0. The van der Waals surface area contributed by atoms with Crippen molar-refractivity contribution in [3.63, 3.8) is 0 Å². The van der Waals surface area contributed by atoms with E-state index in [1.54, 1.807) is 6.07 Å². The first-order chi connectivity index (χ1) is 8.66. The van der Waals surface area contributed by atoms with Gasteiger partial charge >= 0.3 is 5.97 Å². The van der Waals surface area contributed by atoms with Crippen LogP contribution in [-0.4, -0.2) is 30.3 Å². The van der Waals surface area contributed by atoms with Crippen LogP contribution >= 0.6 is 27.5 Å². The van der Waals surface area contributed by atoms with Crippen molar-refractivity contribution in [1.82, 2.24) is 4.98 Å². The highest BCUT2D eigenvalue weighted by Crippen LogP contribution is 2.19. The van der Waals surface area contributed by atoms with Crippen LogP contribution in [0.5, 0.6) is 0 Å². The van der Waals surface area contributed by atoms with Gasteiger partial charge < -0.3 is 9.47 Å². The minimum absolute atomic E-state index is 0.00147. The number of halogens is 2. The topological polar surface area (TPSA) is 48.4 Å². The van der Waals surface area contributed by atoms with E-state index >= 15 is 0 Å². The van der Waals surface area contributed by atoms with Gasteiger partial charge in [0.1, 0.15) is 11.8 Å². The fourth-order valence-electron chi connectivity index (χ4n) is 1.75. The highest BCUT2D eigenvalue weighted by atomic mass is 79.9. The maximum Gasteiger partial charge on any atom is 0.341 e. The van der Waals surface area contributed by atoms with Crippen molar-refractivity contribution in [2.45, 2.75) is 25.4 Å². The molecule has 1 unspecified atom stereocenters. The molecular weight excluding hydrogens is 321 g/mol. The molecule has 0 saturated carbocycles. The summed E-state index contributed by atoms with van der Waals surface area (Å²) in [6.45, 7) is 1.00. The molecule has 1 aliphatic rings. The van der Waals surface area contributed by atoms with E-state index in [2.05, 4.69) is 20.9 Å². The predicted octanol–water partition coefficient (Wildman–Crippen LogP) is 3.22. The summed E-state index contributed by atoms with van der Waals surface area (Å²) in [7, 11) is 0. The molecule has 18 heavy (non-hydrogen) atoms. The number of rotatable bonds is 3. The zero-order chi connectivity index (χ0) is 13.0. The normalized spacial score (nSPS) is 19.6. The monoisotopic (exact) mass is 333 g/mol. The molecule has 1 aliphatic heterocycles. The van der Waals surface area contributed by atoms with Crippen molar-refractivity contribution in [2.24, 2.45) is 0 Å². The Labute approximate surface area is 119 Å². The molecule has 0 spiro atoms. The van der Waals surface area contributed by atoms with Crippen molar-refractivity contribution >= 4 is 33.5 Å². The second-order valence-corrected chi connectivity index (χ2v) is 5.35. The van der Waals surface area contributed by atoms with Gasteiger partial charge in [-0.25, -0.2) is 9.78 Å².